The average Bonchev–Trinajstić information content (AvgIpc) is 2.58. The van der Waals surface area contributed by atoms with Gasteiger partial charge in [-0.05, 0) is 30.7 Å². The van der Waals surface area contributed by atoms with Crippen molar-refractivity contribution in [1.29, 1.82) is 0 Å². The lowest BCUT2D eigenvalue weighted by Crippen LogP contribution is -2.49. The van der Waals surface area contributed by atoms with Crippen LogP contribution in [0.25, 0.3) is 0 Å². The SMILES string of the molecule is Cc1ccnc(N2CCN(C(=O)c3ccccc3)CC2)c1N. The summed E-state index contributed by atoms with van der Waals surface area (Å²) in [5, 5.41) is 0. The highest BCUT2D eigenvalue weighted by molar-refractivity contribution is 5.94. The number of nitrogen functional groups attached to an aromatic ring is 1. The Morgan fingerprint density at radius 2 is 1.77 bits per heavy atom. The molecule has 0 spiro atoms. The van der Waals surface area contributed by atoms with Crippen molar-refractivity contribution < 1.29 is 4.79 Å². The second-order valence-corrected chi connectivity index (χ2v) is 5.51. The zero-order valence-corrected chi connectivity index (χ0v) is 12.7. The van der Waals surface area contributed by atoms with E-state index in [0.717, 1.165) is 35.7 Å². The summed E-state index contributed by atoms with van der Waals surface area (Å²) in [4.78, 5) is 20.9. The number of carbonyl (C=O) groups excluding carboxylic acids is 1. The van der Waals surface area contributed by atoms with Crippen molar-refractivity contribution in [3.63, 3.8) is 0 Å². The third-order valence-corrected chi connectivity index (χ3v) is 4.07. The maximum absolute atomic E-state index is 12.4. The van der Waals surface area contributed by atoms with Gasteiger partial charge in [-0.25, -0.2) is 4.98 Å². The Bertz CT molecular complexity index is 664. The molecule has 0 aliphatic carbocycles. The summed E-state index contributed by atoms with van der Waals surface area (Å²) in [7, 11) is 0. The lowest BCUT2D eigenvalue weighted by atomic mass is 10.1. The number of pyridine rings is 1. The first-order chi connectivity index (χ1) is 10.7. The van der Waals surface area contributed by atoms with Gasteiger partial charge in [-0.15, -0.1) is 0 Å². The van der Waals surface area contributed by atoms with Gasteiger partial charge in [0.2, 0.25) is 0 Å². The van der Waals surface area contributed by atoms with Crippen LogP contribution in [0.2, 0.25) is 0 Å². The molecule has 0 saturated carbocycles. The van der Waals surface area contributed by atoms with Crippen LogP contribution in [0, 0.1) is 6.92 Å². The van der Waals surface area contributed by atoms with E-state index in [0.29, 0.717) is 13.1 Å². The number of hydrogen-bond donors (Lipinski definition) is 1. The molecular formula is C17H20N4O. The Morgan fingerprint density at radius 3 is 2.45 bits per heavy atom. The third kappa shape index (κ3) is 2.74. The fraction of sp³-hybridized carbons (Fsp3) is 0.294. The number of amides is 1. The molecular weight excluding hydrogens is 276 g/mol. The monoisotopic (exact) mass is 296 g/mol. The lowest BCUT2D eigenvalue weighted by Gasteiger charge is -2.36. The van der Waals surface area contributed by atoms with E-state index in [9.17, 15) is 4.79 Å². The van der Waals surface area contributed by atoms with E-state index in [1.165, 1.54) is 0 Å². The molecule has 3 rings (SSSR count). The second kappa shape index (κ2) is 6.05. The number of aromatic nitrogens is 1. The zero-order valence-electron chi connectivity index (χ0n) is 12.7. The molecule has 1 aliphatic rings. The average molecular weight is 296 g/mol. The molecule has 1 fully saturated rings. The highest BCUT2D eigenvalue weighted by atomic mass is 16.2. The number of rotatable bonds is 2. The van der Waals surface area contributed by atoms with Gasteiger partial charge < -0.3 is 15.5 Å². The van der Waals surface area contributed by atoms with Crippen LogP contribution < -0.4 is 10.6 Å². The van der Waals surface area contributed by atoms with E-state index in [4.69, 9.17) is 5.73 Å². The number of piperazine rings is 1. The Hall–Kier alpha value is -2.56. The number of benzene rings is 1. The summed E-state index contributed by atoms with van der Waals surface area (Å²) in [6, 6.07) is 11.3. The fourth-order valence-corrected chi connectivity index (χ4v) is 2.69. The van der Waals surface area contributed by atoms with Gasteiger partial charge >= 0.3 is 0 Å². The van der Waals surface area contributed by atoms with Crippen LogP contribution in [-0.2, 0) is 0 Å². The van der Waals surface area contributed by atoms with Gasteiger partial charge in [0.15, 0.2) is 5.82 Å². The molecule has 0 unspecified atom stereocenters. The van der Waals surface area contributed by atoms with Gasteiger partial charge in [0.25, 0.3) is 5.91 Å². The van der Waals surface area contributed by atoms with Gasteiger partial charge in [-0.3, -0.25) is 4.79 Å². The zero-order chi connectivity index (χ0) is 15.5. The summed E-state index contributed by atoms with van der Waals surface area (Å²) >= 11 is 0. The van der Waals surface area contributed by atoms with Crippen LogP contribution in [0.3, 0.4) is 0 Å². The first-order valence-electron chi connectivity index (χ1n) is 7.47. The van der Waals surface area contributed by atoms with Crippen molar-refractivity contribution in [2.45, 2.75) is 6.92 Å². The summed E-state index contributed by atoms with van der Waals surface area (Å²) in [6.45, 7) is 4.85. The van der Waals surface area contributed by atoms with Gasteiger partial charge in [0.1, 0.15) is 0 Å². The van der Waals surface area contributed by atoms with E-state index in [1.807, 2.05) is 48.2 Å². The van der Waals surface area contributed by atoms with Gasteiger partial charge in [0.05, 0.1) is 5.69 Å². The first kappa shape index (κ1) is 14.4. The van der Waals surface area contributed by atoms with Crippen molar-refractivity contribution in [2.24, 2.45) is 0 Å². The predicted molar refractivity (Wildman–Crippen MR) is 87.9 cm³/mol. The predicted octanol–water partition coefficient (Wildman–Crippen LogP) is 1.93. The van der Waals surface area contributed by atoms with E-state index < -0.39 is 0 Å². The molecule has 114 valence electrons. The van der Waals surface area contributed by atoms with E-state index in [2.05, 4.69) is 9.88 Å². The molecule has 0 radical (unpaired) electrons. The molecule has 1 aromatic carbocycles. The Kier molecular flexibility index (Phi) is 3.96. The summed E-state index contributed by atoms with van der Waals surface area (Å²) in [5.41, 5.74) is 8.62. The second-order valence-electron chi connectivity index (χ2n) is 5.51. The number of nitrogens with zero attached hydrogens (tertiary/aromatic N) is 3. The molecule has 1 saturated heterocycles. The van der Waals surface area contributed by atoms with Crippen LogP contribution >= 0.6 is 0 Å². The molecule has 0 bridgehead atoms. The van der Waals surface area contributed by atoms with Crippen LogP contribution in [0.4, 0.5) is 11.5 Å². The number of hydrogen-bond acceptors (Lipinski definition) is 4. The number of carbonyl (C=O) groups is 1. The number of aryl methyl sites for hydroxylation is 1. The molecule has 1 amide bonds. The minimum atomic E-state index is 0.0884. The summed E-state index contributed by atoms with van der Waals surface area (Å²) < 4.78 is 0. The first-order valence-corrected chi connectivity index (χ1v) is 7.47. The minimum Gasteiger partial charge on any atom is -0.396 e. The van der Waals surface area contributed by atoms with Crippen LogP contribution in [-0.4, -0.2) is 42.0 Å². The van der Waals surface area contributed by atoms with Crippen molar-refractivity contribution in [1.82, 2.24) is 9.88 Å². The Morgan fingerprint density at radius 1 is 1.09 bits per heavy atom. The molecule has 5 heteroatoms. The molecule has 5 nitrogen and oxygen atoms in total. The molecule has 1 aliphatic heterocycles. The fourth-order valence-electron chi connectivity index (χ4n) is 2.69. The molecule has 1 aromatic heterocycles. The van der Waals surface area contributed by atoms with Crippen molar-refractivity contribution >= 4 is 17.4 Å². The van der Waals surface area contributed by atoms with Crippen LogP contribution in [0.1, 0.15) is 15.9 Å². The van der Waals surface area contributed by atoms with Crippen molar-refractivity contribution in [3.8, 4) is 0 Å². The largest absolute Gasteiger partial charge is 0.396 e. The van der Waals surface area contributed by atoms with Crippen LogP contribution in [0.15, 0.2) is 42.6 Å². The van der Waals surface area contributed by atoms with Crippen molar-refractivity contribution in [3.05, 3.63) is 53.7 Å². The topological polar surface area (TPSA) is 62.5 Å². The molecule has 2 heterocycles. The normalized spacial score (nSPS) is 15.0. The van der Waals surface area contributed by atoms with E-state index >= 15 is 0 Å². The van der Waals surface area contributed by atoms with Crippen molar-refractivity contribution in [2.75, 3.05) is 36.8 Å². The van der Waals surface area contributed by atoms with Gasteiger partial charge in [0, 0.05) is 37.9 Å². The maximum Gasteiger partial charge on any atom is 0.253 e. The smallest absolute Gasteiger partial charge is 0.253 e. The van der Waals surface area contributed by atoms with Gasteiger partial charge in [-0.2, -0.15) is 0 Å². The number of nitrogens with two attached hydrogens (primary N) is 1. The Labute approximate surface area is 130 Å². The molecule has 0 atom stereocenters. The highest BCUT2D eigenvalue weighted by Gasteiger charge is 2.23. The third-order valence-electron chi connectivity index (χ3n) is 4.07. The minimum absolute atomic E-state index is 0.0884. The Balaban J connectivity index is 1.68. The van der Waals surface area contributed by atoms with E-state index in [-0.39, 0.29) is 5.91 Å². The quantitative estimate of drug-likeness (QED) is 0.920. The highest BCUT2D eigenvalue weighted by Crippen LogP contribution is 2.24. The van der Waals surface area contributed by atoms with Crippen LogP contribution in [0.5, 0.6) is 0 Å². The van der Waals surface area contributed by atoms with E-state index in [1.54, 1.807) is 6.20 Å². The lowest BCUT2D eigenvalue weighted by molar-refractivity contribution is 0.0746. The summed E-state index contributed by atoms with van der Waals surface area (Å²) in [5.74, 6) is 0.914. The summed E-state index contributed by atoms with van der Waals surface area (Å²) in [6.07, 6.45) is 1.78. The molecule has 2 aromatic rings. The standard InChI is InChI=1S/C17H20N4O/c1-13-7-8-19-16(15(13)18)20-9-11-21(12-10-20)17(22)14-5-3-2-4-6-14/h2-8H,9-12,18H2,1H3. The van der Waals surface area contributed by atoms with Gasteiger partial charge in [-0.1, -0.05) is 18.2 Å². The maximum atomic E-state index is 12.4. The number of anilines is 2. The molecule has 2 N–H and O–H groups in total. The molecule has 22 heavy (non-hydrogen) atoms.